The SMILES string of the molecule is Cc1cc(OC(N)=O)cc(Cl)n1. The van der Waals surface area contributed by atoms with E-state index in [1.54, 1.807) is 13.0 Å². The molecule has 0 bridgehead atoms. The second kappa shape index (κ2) is 3.40. The van der Waals surface area contributed by atoms with Crippen LogP contribution in [0.25, 0.3) is 0 Å². The molecule has 0 aliphatic rings. The van der Waals surface area contributed by atoms with E-state index in [9.17, 15) is 4.79 Å². The lowest BCUT2D eigenvalue weighted by Gasteiger charge is -2.01. The van der Waals surface area contributed by atoms with Crippen LogP contribution in [0.15, 0.2) is 12.1 Å². The Morgan fingerprint density at radius 1 is 1.67 bits per heavy atom. The molecule has 0 spiro atoms. The molecule has 0 aliphatic carbocycles. The zero-order chi connectivity index (χ0) is 9.14. The number of pyridine rings is 1. The van der Waals surface area contributed by atoms with E-state index in [4.69, 9.17) is 17.3 Å². The first-order valence-electron chi connectivity index (χ1n) is 3.19. The van der Waals surface area contributed by atoms with Gasteiger partial charge in [-0.25, -0.2) is 9.78 Å². The van der Waals surface area contributed by atoms with E-state index in [2.05, 4.69) is 9.72 Å². The Bertz CT molecular complexity index is 294. The summed E-state index contributed by atoms with van der Waals surface area (Å²) in [6.45, 7) is 1.74. The number of hydrogen-bond donors (Lipinski definition) is 1. The monoisotopic (exact) mass is 186 g/mol. The smallest absolute Gasteiger partial charge is 0.409 e. The van der Waals surface area contributed by atoms with Crippen LogP contribution in [-0.2, 0) is 0 Å². The average molecular weight is 187 g/mol. The Labute approximate surface area is 74.3 Å². The molecule has 1 amide bonds. The summed E-state index contributed by atoms with van der Waals surface area (Å²) in [5.41, 5.74) is 5.47. The number of primary amides is 1. The summed E-state index contributed by atoms with van der Waals surface area (Å²) >= 11 is 5.59. The number of rotatable bonds is 1. The number of hydrogen-bond acceptors (Lipinski definition) is 3. The predicted octanol–water partition coefficient (Wildman–Crippen LogP) is 1.50. The highest BCUT2D eigenvalue weighted by Gasteiger charge is 2.01. The van der Waals surface area contributed by atoms with Crippen LogP contribution in [0.1, 0.15) is 5.69 Å². The van der Waals surface area contributed by atoms with Crippen molar-refractivity contribution in [2.24, 2.45) is 5.73 Å². The van der Waals surface area contributed by atoms with Crippen molar-refractivity contribution in [3.05, 3.63) is 23.0 Å². The van der Waals surface area contributed by atoms with Gasteiger partial charge >= 0.3 is 6.09 Å². The lowest BCUT2D eigenvalue weighted by molar-refractivity contribution is 0.211. The Morgan fingerprint density at radius 3 is 2.83 bits per heavy atom. The molecule has 4 nitrogen and oxygen atoms in total. The molecule has 1 aromatic rings. The van der Waals surface area contributed by atoms with Gasteiger partial charge in [0.15, 0.2) is 0 Å². The number of aryl methyl sites for hydroxylation is 1. The van der Waals surface area contributed by atoms with Gasteiger partial charge in [-0.1, -0.05) is 11.6 Å². The molecular weight excluding hydrogens is 180 g/mol. The van der Waals surface area contributed by atoms with E-state index in [0.29, 0.717) is 11.4 Å². The van der Waals surface area contributed by atoms with Gasteiger partial charge in [-0.2, -0.15) is 0 Å². The third-order valence-electron chi connectivity index (χ3n) is 1.11. The number of ether oxygens (including phenoxy) is 1. The van der Waals surface area contributed by atoms with Crippen LogP contribution in [0.2, 0.25) is 5.15 Å². The summed E-state index contributed by atoms with van der Waals surface area (Å²) in [6.07, 6.45) is -0.864. The second-order valence-corrected chi connectivity index (χ2v) is 2.58. The maximum absolute atomic E-state index is 10.3. The van der Waals surface area contributed by atoms with Crippen molar-refractivity contribution in [2.45, 2.75) is 6.92 Å². The van der Waals surface area contributed by atoms with Gasteiger partial charge in [0.25, 0.3) is 0 Å². The van der Waals surface area contributed by atoms with Crippen LogP contribution < -0.4 is 10.5 Å². The summed E-state index contributed by atoms with van der Waals surface area (Å²) in [4.78, 5) is 14.2. The van der Waals surface area contributed by atoms with E-state index in [1.165, 1.54) is 6.07 Å². The van der Waals surface area contributed by atoms with E-state index in [0.717, 1.165) is 0 Å². The van der Waals surface area contributed by atoms with Crippen LogP contribution in [0.4, 0.5) is 4.79 Å². The van der Waals surface area contributed by atoms with Gasteiger partial charge in [-0.05, 0) is 6.92 Å². The number of nitrogens with zero attached hydrogens (tertiary/aromatic N) is 1. The van der Waals surface area contributed by atoms with Gasteiger partial charge in [-0.3, -0.25) is 0 Å². The van der Waals surface area contributed by atoms with Crippen LogP contribution in [0, 0.1) is 6.92 Å². The summed E-state index contributed by atoms with van der Waals surface area (Å²) in [7, 11) is 0. The van der Waals surface area contributed by atoms with Gasteiger partial charge < -0.3 is 10.5 Å². The minimum Gasteiger partial charge on any atom is -0.410 e. The number of carbonyl (C=O) groups is 1. The molecule has 12 heavy (non-hydrogen) atoms. The van der Waals surface area contributed by atoms with Crippen LogP contribution in [0.5, 0.6) is 5.75 Å². The van der Waals surface area contributed by atoms with Gasteiger partial charge in [0.1, 0.15) is 10.9 Å². The molecule has 1 rings (SSSR count). The third kappa shape index (κ3) is 2.39. The van der Waals surface area contributed by atoms with Crippen molar-refractivity contribution in [1.29, 1.82) is 0 Å². The van der Waals surface area contributed by atoms with E-state index < -0.39 is 6.09 Å². The maximum atomic E-state index is 10.3. The molecule has 1 aromatic heterocycles. The molecule has 0 aromatic carbocycles. The second-order valence-electron chi connectivity index (χ2n) is 2.19. The first-order chi connectivity index (χ1) is 5.58. The van der Waals surface area contributed by atoms with Gasteiger partial charge in [0.05, 0.1) is 0 Å². The minimum atomic E-state index is -0.864. The summed E-state index contributed by atoms with van der Waals surface area (Å²) in [5, 5.41) is 0.270. The number of nitrogens with two attached hydrogens (primary N) is 1. The topological polar surface area (TPSA) is 65.2 Å². The fourth-order valence-electron chi connectivity index (χ4n) is 0.773. The molecule has 0 unspecified atom stereocenters. The summed E-state index contributed by atoms with van der Waals surface area (Å²) < 4.78 is 4.59. The average Bonchev–Trinajstić information content (AvgIpc) is 1.81. The van der Waals surface area contributed by atoms with E-state index in [-0.39, 0.29) is 5.15 Å². The quantitative estimate of drug-likeness (QED) is 0.676. The van der Waals surface area contributed by atoms with Crippen molar-refractivity contribution >= 4 is 17.7 Å². The molecule has 0 fully saturated rings. The molecule has 64 valence electrons. The highest BCUT2D eigenvalue weighted by atomic mass is 35.5. The fraction of sp³-hybridized carbons (Fsp3) is 0.143. The molecule has 5 heteroatoms. The largest absolute Gasteiger partial charge is 0.410 e. The molecule has 0 aliphatic heterocycles. The van der Waals surface area contributed by atoms with Gasteiger partial charge in [-0.15, -0.1) is 0 Å². The van der Waals surface area contributed by atoms with Crippen molar-refractivity contribution in [1.82, 2.24) is 4.98 Å². The highest BCUT2D eigenvalue weighted by Crippen LogP contribution is 2.16. The van der Waals surface area contributed by atoms with Gasteiger partial charge in [0.2, 0.25) is 0 Å². The molecule has 0 radical (unpaired) electrons. The van der Waals surface area contributed by atoms with E-state index >= 15 is 0 Å². The van der Waals surface area contributed by atoms with Crippen molar-refractivity contribution < 1.29 is 9.53 Å². The zero-order valence-corrected chi connectivity index (χ0v) is 7.13. The predicted molar refractivity (Wildman–Crippen MR) is 44.2 cm³/mol. The number of carbonyl (C=O) groups excluding carboxylic acids is 1. The Hall–Kier alpha value is -1.29. The van der Waals surface area contributed by atoms with Crippen LogP contribution >= 0.6 is 11.6 Å². The zero-order valence-electron chi connectivity index (χ0n) is 6.37. The molecule has 0 atom stereocenters. The Balaban J connectivity index is 2.93. The van der Waals surface area contributed by atoms with E-state index in [1.807, 2.05) is 0 Å². The maximum Gasteiger partial charge on any atom is 0.409 e. The molecule has 2 N–H and O–H groups in total. The highest BCUT2D eigenvalue weighted by molar-refractivity contribution is 6.29. The van der Waals surface area contributed by atoms with Crippen molar-refractivity contribution in [3.8, 4) is 5.75 Å². The lowest BCUT2D eigenvalue weighted by Crippen LogP contribution is -2.16. The first-order valence-corrected chi connectivity index (χ1v) is 3.57. The molecular formula is C7H7ClN2O2. The first kappa shape index (κ1) is 8.80. The summed E-state index contributed by atoms with van der Waals surface area (Å²) in [6, 6.07) is 2.98. The normalized spacial score (nSPS) is 9.50. The van der Waals surface area contributed by atoms with Gasteiger partial charge in [0, 0.05) is 17.8 Å². The van der Waals surface area contributed by atoms with Crippen LogP contribution in [0.3, 0.4) is 0 Å². The number of amides is 1. The Morgan fingerprint density at radius 2 is 2.33 bits per heavy atom. The molecule has 0 saturated carbocycles. The van der Waals surface area contributed by atoms with Crippen molar-refractivity contribution in [3.63, 3.8) is 0 Å². The molecule has 1 heterocycles. The minimum absolute atomic E-state index is 0.270. The third-order valence-corrected chi connectivity index (χ3v) is 1.31. The molecule has 0 saturated heterocycles. The van der Waals surface area contributed by atoms with Crippen LogP contribution in [-0.4, -0.2) is 11.1 Å². The summed E-state index contributed by atoms with van der Waals surface area (Å²) in [5.74, 6) is 0.306. The standard InChI is InChI=1S/C7H7ClN2O2/c1-4-2-5(12-7(9)11)3-6(8)10-4/h2-3H,1H3,(H2,9,11). The fourth-order valence-corrected chi connectivity index (χ4v) is 1.01. The number of aromatic nitrogens is 1. The lowest BCUT2D eigenvalue weighted by atomic mass is 10.4. The number of halogens is 1. The Kier molecular flexibility index (Phi) is 2.50. The van der Waals surface area contributed by atoms with Crippen molar-refractivity contribution in [2.75, 3.05) is 0 Å².